The van der Waals surface area contributed by atoms with E-state index in [-0.39, 0.29) is 17.9 Å². The van der Waals surface area contributed by atoms with Crippen LogP contribution in [0.2, 0.25) is 0 Å². The first-order chi connectivity index (χ1) is 16.7. The Morgan fingerprint density at radius 1 is 1.20 bits per heavy atom. The van der Waals surface area contributed by atoms with Crippen molar-refractivity contribution in [1.82, 2.24) is 4.57 Å². The zero-order valence-electron chi connectivity index (χ0n) is 19.8. The van der Waals surface area contributed by atoms with Gasteiger partial charge in [-0.25, -0.2) is 9.79 Å². The highest BCUT2D eigenvalue weighted by Gasteiger charge is 2.33. The lowest BCUT2D eigenvalue weighted by Gasteiger charge is -2.24. The Morgan fingerprint density at radius 3 is 2.57 bits per heavy atom. The van der Waals surface area contributed by atoms with Gasteiger partial charge in [0.2, 0.25) is 0 Å². The van der Waals surface area contributed by atoms with Gasteiger partial charge in [0.1, 0.15) is 0 Å². The summed E-state index contributed by atoms with van der Waals surface area (Å²) in [7, 11) is 0. The van der Waals surface area contributed by atoms with E-state index in [1.54, 1.807) is 36.6 Å². The number of thiazole rings is 1. The molecular weight excluding hydrogens is 579 g/mol. The van der Waals surface area contributed by atoms with Gasteiger partial charge in [-0.1, -0.05) is 41.2 Å². The minimum absolute atomic E-state index is 0.0696. The number of esters is 1. The van der Waals surface area contributed by atoms with Crippen LogP contribution in [0.3, 0.4) is 0 Å². The summed E-state index contributed by atoms with van der Waals surface area (Å²) >= 11 is 3.29. The molecule has 1 aromatic heterocycles. The number of phenolic OH excluding ortho intramolecular Hbond substituents is 1. The monoisotopic (exact) mass is 604 g/mol. The molecule has 7 nitrogen and oxygen atoms in total. The highest BCUT2D eigenvalue weighted by atomic mass is 127. The number of fused-ring (bicyclic) bond motifs is 1. The maximum atomic E-state index is 13.7. The molecule has 0 radical (unpaired) electrons. The van der Waals surface area contributed by atoms with Crippen molar-refractivity contribution in [3.8, 4) is 11.5 Å². The Kier molecular flexibility index (Phi) is 7.46. The topological polar surface area (TPSA) is 90.1 Å². The highest BCUT2D eigenvalue weighted by Crippen LogP contribution is 2.33. The molecule has 9 heteroatoms. The van der Waals surface area contributed by atoms with Crippen molar-refractivity contribution < 1.29 is 19.4 Å². The number of hydrogen-bond donors (Lipinski definition) is 1. The minimum Gasteiger partial charge on any atom is -0.504 e. The van der Waals surface area contributed by atoms with Crippen molar-refractivity contribution >= 4 is 46.0 Å². The van der Waals surface area contributed by atoms with Crippen LogP contribution in [0.4, 0.5) is 0 Å². The number of hydrogen-bond acceptors (Lipinski definition) is 7. The first-order valence-electron chi connectivity index (χ1n) is 11.2. The predicted molar refractivity (Wildman–Crippen MR) is 144 cm³/mol. The Bertz CT molecular complexity index is 1500. The minimum atomic E-state index is -0.646. The fourth-order valence-electron chi connectivity index (χ4n) is 3.95. The number of phenols is 1. The van der Waals surface area contributed by atoms with E-state index in [2.05, 4.69) is 4.99 Å². The Balaban J connectivity index is 1.93. The van der Waals surface area contributed by atoms with Crippen molar-refractivity contribution in [2.45, 2.75) is 33.7 Å². The smallest absolute Gasteiger partial charge is 0.338 e. The molecule has 1 N–H and O–H groups in total. The lowest BCUT2D eigenvalue weighted by molar-refractivity contribution is -0.139. The van der Waals surface area contributed by atoms with Gasteiger partial charge in [-0.05, 0) is 79.6 Å². The molecule has 2 aromatic carbocycles. The molecule has 1 aliphatic heterocycles. The average molecular weight is 604 g/mol. The highest BCUT2D eigenvalue weighted by molar-refractivity contribution is 14.1. The molecule has 35 heavy (non-hydrogen) atoms. The molecule has 0 saturated carbocycles. The van der Waals surface area contributed by atoms with Gasteiger partial charge in [-0.2, -0.15) is 0 Å². The van der Waals surface area contributed by atoms with Crippen LogP contribution in [0.1, 0.15) is 43.5 Å². The van der Waals surface area contributed by atoms with Gasteiger partial charge in [-0.15, -0.1) is 0 Å². The van der Waals surface area contributed by atoms with E-state index in [0.29, 0.717) is 42.1 Å². The summed E-state index contributed by atoms with van der Waals surface area (Å²) in [5.74, 6) is -0.0559. The van der Waals surface area contributed by atoms with Crippen molar-refractivity contribution in [2.24, 2.45) is 4.99 Å². The Labute approximate surface area is 220 Å². The molecule has 3 aromatic rings. The van der Waals surface area contributed by atoms with Crippen molar-refractivity contribution in [1.29, 1.82) is 0 Å². The second-order valence-corrected chi connectivity index (χ2v) is 10.2. The van der Waals surface area contributed by atoms with Gasteiger partial charge in [0, 0.05) is 0 Å². The molecule has 182 valence electrons. The van der Waals surface area contributed by atoms with E-state index in [4.69, 9.17) is 9.47 Å². The zero-order valence-corrected chi connectivity index (χ0v) is 22.8. The van der Waals surface area contributed by atoms with Gasteiger partial charge >= 0.3 is 5.97 Å². The molecule has 0 unspecified atom stereocenters. The number of rotatable bonds is 6. The van der Waals surface area contributed by atoms with Gasteiger partial charge in [-0.3, -0.25) is 9.36 Å². The summed E-state index contributed by atoms with van der Waals surface area (Å²) in [5, 5.41) is 10.3. The molecule has 4 rings (SSSR count). The SMILES string of the molecule is CCOC(=O)C1=C(C)N=c2s/c(=C\c3cc(I)c(O)c(OCC)c3)c(=O)n2[C@H]1c1ccc(C)cc1. The molecule has 0 aliphatic carbocycles. The molecule has 1 atom stereocenters. The maximum Gasteiger partial charge on any atom is 0.338 e. The number of ether oxygens (including phenoxy) is 2. The van der Waals surface area contributed by atoms with E-state index < -0.39 is 12.0 Å². The fourth-order valence-corrected chi connectivity index (χ4v) is 5.62. The predicted octanol–water partition coefficient (Wildman–Crippen LogP) is 3.82. The van der Waals surface area contributed by atoms with Gasteiger partial charge < -0.3 is 14.6 Å². The van der Waals surface area contributed by atoms with Crippen molar-refractivity contribution in [3.63, 3.8) is 0 Å². The number of carbonyl (C=O) groups is 1. The van der Waals surface area contributed by atoms with Crippen LogP contribution in [-0.2, 0) is 9.53 Å². The van der Waals surface area contributed by atoms with E-state index in [9.17, 15) is 14.7 Å². The molecule has 0 spiro atoms. The molecule has 0 bridgehead atoms. The van der Waals surface area contributed by atoms with Crippen LogP contribution >= 0.6 is 33.9 Å². The molecule has 1 aliphatic rings. The second kappa shape index (κ2) is 10.4. The van der Waals surface area contributed by atoms with E-state index in [0.717, 1.165) is 11.1 Å². The van der Waals surface area contributed by atoms with E-state index in [1.165, 1.54) is 11.3 Å². The summed E-state index contributed by atoms with van der Waals surface area (Å²) in [6.45, 7) is 7.97. The van der Waals surface area contributed by atoms with Gasteiger partial charge in [0.15, 0.2) is 16.3 Å². The second-order valence-electron chi connectivity index (χ2n) is 8.00. The quantitative estimate of drug-likeness (QED) is 0.342. The maximum absolute atomic E-state index is 13.7. The van der Waals surface area contributed by atoms with Crippen LogP contribution in [0.25, 0.3) is 6.08 Å². The van der Waals surface area contributed by atoms with Crippen LogP contribution in [0.15, 0.2) is 57.5 Å². The summed E-state index contributed by atoms with van der Waals surface area (Å²) in [4.78, 5) is 31.7. The van der Waals surface area contributed by atoms with E-state index >= 15 is 0 Å². The van der Waals surface area contributed by atoms with Crippen LogP contribution in [0.5, 0.6) is 11.5 Å². The first kappa shape index (κ1) is 25.2. The summed E-state index contributed by atoms with van der Waals surface area (Å²) in [5.41, 5.74) is 3.22. The number of carbonyl (C=O) groups excluding carboxylic acids is 1. The molecule has 2 heterocycles. The molecule has 0 amide bonds. The number of benzene rings is 2. The van der Waals surface area contributed by atoms with Gasteiger partial charge in [0.25, 0.3) is 5.56 Å². The number of aromatic hydroxyl groups is 1. The molecule has 0 fully saturated rings. The third-order valence-electron chi connectivity index (χ3n) is 5.56. The standard InChI is InChI=1S/C26H25IN2O5S/c1-5-33-19-12-16(11-18(27)23(19)30)13-20-24(31)29-22(17-9-7-14(3)8-10-17)21(25(32)34-6-2)15(4)28-26(29)35-20/h7-13,22,30H,5-6H2,1-4H3/b20-13-/t22-/m0/s1. The largest absolute Gasteiger partial charge is 0.504 e. The zero-order chi connectivity index (χ0) is 25.3. The summed E-state index contributed by atoms with van der Waals surface area (Å²) in [6.07, 6.45) is 1.75. The average Bonchev–Trinajstić information content (AvgIpc) is 3.11. The number of nitrogens with zero attached hydrogens (tertiary/aromatic N) is 2. The number of allylic oxidation sites excluding steroid dienone is 1. The normalized spacial score (nSPS) is 15.6. The third-order valence-corrected chi connectivity index (χ3v) is 7.36. The lowest BCUT2D eigenvalue weighted by atomic mass is 9.95. The third kappa shape index (κ3) is 4.92. The van der Waals surface area contributed by atoms with Crippen LogP contribution in [-0.4, -0.2) is 28.9 Å². The lowest BCUT2D eigenvalue weighted by Crippen LogP contribution is -2.39. The molecular formula is C26H25IN2O5S. The number of aromatic nitrogens is 1. The molecule has 0 saturated heterocycles. The van der Waals surface area contributed by atoms with Crippen molar-refractivity contribution in [2.75, 3.05) is 13.2 Å². The summed E-state index contributed by atoms with van der Waals surface area (Å²) in [6, 6.07) is 10.6. The summed E-state index contributed by atoms with van der Waals surface area (Å²) < 4.78 is 13.5. The fraction of sp³-hybridized carbons (Fsp3) is 0.269. The van der Waals surface area contributed by atoms with Crippen LogP contribution < -0.4 is 19.6 Å². The Morgan fingerprint density at radius 2 is 1.91 bits per heavy atom. The van der Waals surface area contributed by atoms with E-state index in [1.807, 2.05) is 60.7 Å². The van der Waals surface area contributed by atoms with Gasteiger partial charge in [0.05, 0.1) is 38.6 Å². The van der Waals surface area contributed by atoms with Crippen molar-refractivity contribution in [3.05, 3.63) is 87.6 Å². The number of aryl methyl sites for hydroxylation is 1. The Hall–Kier alpha value is -2.92. The van der Waals surface area contributed by atoms with Crippen LogP contribution in [0, 0.1) is 10.5 Å². The number of halogens is 1. The first-order valence-corrected chi connectivity index (χ1v) is 13.1.